The highest BCUT2D eigenvalue weighted by Gasteiger charge is 2.29. The van der Waals surface area contributed by atoms with Crippen molar-refractivity contribution in [2.24, 2.45) is 7.05 Å². The molecule has 0 spiro atoms. The smallest absolute Gasteiger partial charge is 0.256 e. The van der Waals surface area contributed by atoms with E-state index < -0.39 is 15.8 Å². The molecule has 0 bridgehead atoms. The quantitative estimate of drug-likeness (QED) is 0.661. The van der Waals surface area contributed by atoms with Crippen LogP contribution in [-0.2, 0) is 17.1 Å². The predicted molar refractivity (Wildman–Crippen MR) is 109 cm³/mol. The Bertz CT molecular complexity index is 1160. The number of carbonyl (C=O) groups is 1. The third-order valence-corrected chi connectivity index (χ3v) is 7.23. The first kappa shape index (κ1) is 19.6. The highest BCUT2D eigenvalue weighted by molar-refractivity contribution is 7.89. The van der Waals surface area contributed by atoms with Crippen molar-refractivity contribution in [3.05, 3.63) is 66.1 Å². The van der Waals surface area contributed by atoms with Gasteiger partial charge in [-0.2, -0.15) is 4.31 Å². The highest BCUT2D eigenvalue weighted by Crippen LogP contribution is 2.23. The number of aromatic nitrogens is 1. The largest absolute Gasteiger partial charge is 0.350 e. The fraction of sp³-hybridized carbons (Fsp3) is 0.286. The van der Waals surface area contributed by atoms with Crippen molar-refractivity contribution in [3.63, 3.8) is 0 Å². The van der Waals surface area contributed by atoms with E-state index in [1.807, 2.05) is 42.1 Å². The lowest BCUT2D eigenvalue weighted by atomic mass is 10.1. The zero-order chi connectivity index (χ0) is 20.6. The van der Waals surface area contributed by atoms with E-state index in [0.717, 1.165) is 23.0 Å². The Labute approximate surface area is 169 Å². The standard InChI is InChI=1S/C21H22FN3O3S/c1-23-15-19(18-5-2-3-6-20(18)23)21(26)24-11-4-12-25(14-13-24)29(27,28)17-9-7-16(22)8-10-17/h2-3,5-10,15H,4,11-14H2,1H3. The number of para-hydroxylation sites is 1. The summed E-state index contributed by atoms with van der Waals surface area (Å²) in [6.07, 6.45) is 2.36. The third-order valence-electron chi connectivity index (χ3n) is 5.32. The van der Waals surface area contributed by atoms with Crippen molar-refractivity contribution in [2.45, 2.75) is 11.3 Å². The van der Waals surface area contributed by atoms with Crippen LogP contribution in [0.4, 0.5) is 4.39 Å². The Balaban J connectivity index is 1.54. The maximum absolute atomic E-state index is 13.1. The van der Waals surface area contributed by atoms with Crippen LogP contribution in [0.3, 0.4) is 0 Å². The molecule has 0 aliphatic carbocycles. The van der Waals surface area contributed by atoms with E-state index in [1.54, 1.807) is 4.90 Å². The molecule has 29 heavy (non-hydrogen) atoms. The van der Waals surface area contributed by atoms with Gasteiger partial charge < -0.3 is 9.47 Å². The van der Waals surface area contributed by atoms with Gasteiger partial charge in [0.1, 0.15) is 5.82 Å². The summed E-state index contributed by atoms with van der Waals surface area (Å²) in [7, 11) is -1.82. The summed E-state index contributed by atoms with van der Waals surface area (Å²) in [5.41, 5.74) is 1.60. The van der Waals surface area contributed by atoms with Gasteiger partial charge in [0.25, 0.3) is 5.91 Å². The van der Waals surface area contributed by atoms with Crippen LogP contribution in [0.1, 0.15) is 16.8 Å². The zero-order valence-electron chi connectivity index (χ0n) is 16.1. The number of sulfonamides is 1. The number of rotatable bonds is 3. The lowest BCUT2D eigenvalue weighted by molar-refractivity contribution is 0.0766. The molecule has 3 aromatic rings. The van der Waals surface area contributed by atoms with Crippen molar-refractivity contribution in [1.29, 1.82) is 0 Å². The molecule has 0 saturated carbocycles. The lowest BCUT2D eigenvalue weighted by Gasteiger charge is -2.22. The number of amides is 1. The highest BCUT2D eigenvalue weighted by atomic mass is 32.2. The average Bonchev–Trinajstić information content (AvgIpc) is 2.89. The van der Waals surface area contributed by atoms with Crippen LogP contribution < -0.4 is 0 Å². The second kappa shape index (κ2) is 7.61. The molecule has 0 N–H and O–H groups in total. The van der Waals surface area contributed by atoms with Gasteiger partial charge in [-0.05, 0) is 36.8 Å². The molecule has 2 heterocycles. The van der Waals surface area contributed by atoms with Crippen molar-refractivity contribution in [2.75, 3.05) is 26.2 Å². The van der Waals surface area contributed by atoms with Gasteiger partial charge in [-0.3, -0.25) is 4.79 Å². The van der Waals surface area contributed by atoms with Crippen molar-refractivity contribution >= 4 is 26.8 Å². The van der Waals surface area contributed by atoms with Gasteiger partial charge in [0.2, 0.25) is 10.0 Å². The molecular weight excluding hydrogens is 393 g/mol. The van der Waals surface area contributed by atoms with Gasteiger partial charge in [-0.15, -0.1) is 0 Å². The van der Waals surface area contributed by atoms with E-state index in [1.165, 1.54) is 16.4 Å². The summed E-state index contributed by atoms with van der Waals surface area (Å²) >= 11 is 0. The fourth-order valence-electron chi connectivity index (χ4n) is 3.78. The number of nitrogens with zero attached hydrogens (tertiary/aromatic N) is 3. The van der Waals surface area contributed by atoms with Gasteiger partial charge in [0, 0.05) is 50.3 Å². The molecule has 0 unspecified atom stereocenters. The van der Waals surface area contributed by atoms with Crippen molar-refractivity contribution in [3.8, 4) is 0 Å². The summed E-state index contributed by atoms with van der Waals surface area (Å²) in [6.45, 7) is 1.31. The fourth-order valence-corrected chi connectivity index (χ4v) is 5.24. The van der Waals surface area contributed by atoms with Crippen LogP contribution in [0.5, 0.6) is 0 Å². The second-order valence-corrected chi connectivity index (χ2v) is 9.11. The molecule has 0 atom stereocenters. The van der Waals surface area contributed by atoms with Crippen LogP contribution in [-0.4, -0.2) is 54.3 Å². The first-order chi connectivity index (χ1) is 13.9. The Morgan fingerprint density at radius 3 is 2.45 bits per heavy atom. The Morgan fingerprint density at radius 2 is 1.69 bits per heavy atom. The molecule has 1 saturated heterocycles. The number of halogens is 1. The summed E-state index contributed by atoms with van der Waals surface area (Å²) in [4.78, 5) is 14.9. The number of benzene rings is 2. The molecular formula is C21H22FN3O3S. The molecule has 1 amide bonds. The van der Waals surface area contributed by atoms with Crippen LogP contribution in [0.2, 0.25) is 0 Å². The molecule has 152 valence electrons. The normalized spacial score (nSPS) is 16.1. The second-order valence-electron chi connectivity index (χ2n) is 7.17. The molecule has 2 aromatic carbocycles. The summed E-state index contributed by atoms with van der Waals surface area (Å²) in [5.74, 6) is -0.575. The number of hydrogen-bond acceptors (Lipinski definition) is 3. The predicted octanol–water partition coefficient (Wildman–Crippen LogP) is 2.85. The summed E-state index contributed by atoms with van der Waals surface area (Å²) in [5, 5.41) is 0.889. The Kier molecular flexibility index (Phi) is 5.14. The van der Waals surface area contributed by atoms with E-state index in [0.29, 0.717) is 31.6 Å². The summed E-state index contributed by atoms with van der Waals surface area (Å²) < 4.78 is 42.2. The van der Waals surface area contributed by atoms with Crippen LogP contribution >= 0.6 is 0 Å². The molecule has 1 aliphatic rings. The van der Waals surface area contributed by atoms with Gasteiger partial charge >= 0.3 is 0 Å². The van der Waals surface area contributed by atoms with Crippen molar-refractivity contribution < 1.29 is 17.6 Å². The van der Waals surface area contributed by atoms with E-state index in [2.05, 4.69) is 0 Å². The first-order valence-corrected chi connectivity index (χ1v) is 10.9. The lowest BCUT2D eigenvalue weighted by Crippen LogP contribution is -2.37. The van der Waals surface area contributed by atoms with Crippen molar-refractivity contribution in [1.82, 2.24) is 13.8 Å². The monoisotopic (exact) mass is 415 g/mol. The van der Waals surface area contributed by atoms with Crippen LogP contribution in [0.25, 0.3) is 10.9 Å². The van der Waals surface area contributed by atoms with Crippen LogP contribution in [0, 0.1) is 5.82 Å². The summed E-state index contributed by atoms with van der Waals surface area (Å²) in [6, 6.07) is 12.5. The Hall–Kier alpha value is -2.71. The SMILES string of the molecule is Cn1cc(C(=O)N2CCCN(S(=O)(=O)c3ccc(F)cc3)CC2)c2ccccc21. The van der Waals surface area contributed by atoms with E-state index >= 15 is 0 Å². The minimum atomic E-state index is -3.72. The van der Waals surface area contributed by atoms with Gasteiger partial charge in [0.15, 0.2) is 0 Å². The number of aryl methyl sites for hydroxylation is 1. The van der Waals surface area contributed by atoms with Gasteiger partial charge in [-0.1, -0.05) is 18.2 Å². The first-order valence-electron chi connectivity index (χ1n) is 9.47. The van der Waals surface area contributed by atoms with E-state index in [-0.39, 0.29) is 17.3 Å². The topological polar surface area (TPSA) is 62.6 Å². The molecule has 8 heteroatoms. The Morgan fingerprint density at radius 1 is 0.966 bits per heavy atom. The number of hydrogen-bond donors (Lipinski definition) is 0. The minimum Gasteiger partial charge on any atom is -0.350 e. The molecule has 1 aliphatic heterocycles. The maximum Gasteiger partial charge on any atom is 0.256 e. The van der Waals surface area contributed by atoms with Crippen LogP contribution in [0.15, 0.2) is 59.6 Å². The minimum absolute atomic E-state index is 0.0627. The molecule has 1 fully saturated rings. The molecule has 4 rings (SSSR count). The van der Waals surface area contributed by atoms with Gasteiger partial charge in [0.05, 0.1) is 10.5 Å². The number of fused-ring (bicyclic) bond motifs is 1. The maximum atomic E-state index is 13.1. The van der Waals surface area contributed by atoms with E-state index in [9.17, 15) is 17.6 Å². The van der Waals surface area contributed by atoms with Gasteiger partial charge in [-0.25, -0.2) is 12.8 Å². The molecule has 6 nitrogen and oxygen atoms in total. The third kappa shape index (κ3) is 3.65. The molecule has 0 radical (unpaired) electrons. The van der Waals surface area contributed by atoms with E-state index in [4.69, 9.17) is 0 Å². The zero-order valence-corrected chi connectivity index (χ0v) is 16.9. The number of carbonyl (C=O) groups excluding carboxylic acids is 1. The average molecular weight is 415 g/mol. The molecule has 1 aromatic heterocycles.